The molecule has 0 amide bonds. The normalized spacial score (nSPS) is 12.9. The highest BCUT2D eigenvalue weighted by atomic mass is 15.1. The van der Waals surface area contributed by atoms with E-state index < -0.39 is 0 Å². The molecule has 2 heteroatoms. The van der Waals surface area contributed by atoms with Crippen molar-refractivity contribution in [1.29, 1.82) is 0 Å². The zero-order valence-electron chi connectivity index (χ0n) is 12.2. The largest absolute Gasteiger partial charge is 0.309 e. The Morgan fingerprint density at radius 3 is 2.39 bits per heavy atom. The standard InChI is InChI=1S/C16H28N2/c1-4-7-13-18(6-3)14-16(17-5-2)15-11-9-8-10-12-15/h8-12,16-17H,4-7,13-14H2,1-3H3. The van der Waals surface area contributed by atoms with Gasteiger partial charge < -0.3 is 10.2 Å². The first-order valence-corrected chi connectivity index (χ1v) is 7.32. The molecule has 1 unspecified atom stereocenters. The Balaban J connectivity index is 2.61. The van der Waals surface area contributed by atoms with E-state index in [0.717, 1.165) is 19.6 Å². The number of rotatable bonds is 9. The van der Waals surface area contributed by atoms with E-state index in [9.17, 15) is 0 Å². The van der Waals surface area contributed by atoms with Crippen LogP contribution in [-0.2, 0) is 0 Å². The van der Waals surface area contributed by atoms with E-state index in [1.54, 1.807) is 0 Å². The second kappa shape index (κ2) is 9.12. The van der Waals surface area contributed by atoms with E-state index in [4.69, 9.17) is 0 Å². The minimum atomic E-state index is 0.452. The molecule has 0 aromatic heterocycles. The molecule has 18 heavy (non-hydrogen) atoms. The van der Waals surface area contributed by atoms with Crippen LogP contribution in [0.1, 0.15) is 45.2 Å². The molecule has 0 spiro atoms. The van der Waals surface area contributed by atoms with Gasteiger partial charge in [-0.3, -0.25) is 0 Å². The molecule has 1 N–H and O–H groups in total. The van der Waals surface area contributed by atoms with E-state index in [-0.39, 0.29) is 0 Å². The Morgan fingerprint density at radius 1 is 1.11 bits per heavy atom. The lowest BCUT2D eigenvalue weighted by Crippen LogP contribution is -2.35. The summed E-state index contributed by atoms with van der Waals surface area (Å²) in [6, 6.07) is 11.2. The van der Waals surface area contributed by atoms with Gasteiger partial charge in [0.15, 0.2) is 0 Å². The smallest absolute Gasteiger partial charge is 0.0449 e. The van der Waals surface area contributed by atoms with Gasteiger partial charge in [0.25, 0.3) is 0 Å². The second-order valence-corrected chi connectivity index (χ2v) is 4.77. The molecule has 0 fully saturated rings. The summed E-state index contributed by atoms with van der Waals surface area (Å²) in [6.07, 6.45) is 2.56. The lowest BCUT2D eigenvalue weighted by Gasteiger charge is -2.27. The summed E-state index contributed by atoms with van der Waals surface area (Å²) in [7, 11) is 0. The molecule has 1 atom stereocenters. The van der Waals surface area contributed by atoms with Crippen molar-refractivity contribution >= 4 is 0 Å². The lowest BCUT2D eigenvalue weighted by molar-refractivity contribution is 0.251. The first-order valence-electron chi connectivity index (χ1n) is 7.32. The van der Waals surface area contributed by atoms with Gasteiger partial charge in [0.1, 0.15) is 0 Å². The Bertz CT molecular complexity index is 297. The third kappa shape index (κ3) is 5.19. The summed E-state index contributed by atoms with van der Waals surface area (Å²) >= 11 is 0. The number of nitrogens with zero attached hydrogens (tertiary/aromatic N) is 1. The second-order valence-electron chi connectivity index (χ2n) is 4.77. The van der Waals surface area contributed by atoms with E-state index in [1.165, 1.54) is 24.9 Å². The Labute approximate surface area is 112 Å². The van der Waals surface area contributed by atoms with Gasteiger partial charge in [0.2, 0.25) is 0 Å². The predicted molar refractivity (Wildman–Crippen MR) is 79.9 cm³/mol. The van der Waals surface area contributed by atoms with Crippen molar-refractivity contribution in [2.24, 2.45) is 0 Å². The zero-order valence-corrected chi connectivity index (χ0v) is 12.2. The number of nitrogens with one attached hydrogen (secondary N) is 1. The average Bonchev–Trinajstić information content (AvgIpc) is 2.43. The number of benzene rings is 1. The van der Waals surface area contributed by atoms with E-state index >= 15 is 0 Å². The van der Waals surface area contributed by atoms with Gasteiger partial charge in [-0.05, 0) is 31.6 Å². The molecule has 1 aromatic rings. The Morgan fingerprint density at radius 2 is 1.83 bits per heavy atom. The molecule has 0 aliphatic carbocycles. The van der Waals surface area contributed by atoms with Crippen LogP contribution in [0.15, 0.2) is 30.3 Å². The van der Waals surface area contributed by atoms with Gasteiger partial charge in [-0.25, -0.2) is 0 Å². The molecule has 0 aliphatic rings. The molecular formula is C16H28N2. The molecular weight excluding hydrogens is 220 g/mol. The lowest BCUT2D eigenvalue weighted by atomic mass is 10.1. The van der Waals surface area contributed by atoms with Crippen LogP contribution >= 0.6 is 0 Å². The molecule has 1 aromatic carbocycles. The van der Waals surface area contributed by atoms with Crippen LogP contribution < -0.4 is 5.32 Å². The maximum absolute atomic E-state index is 3.60. The summed E-state index contributed by atoms with van der Waals surface area (Å²) in [5, 5.41) is 3.60. The zero-order chi connectivity index (χ0) is 13.2. The summed E-state index contributed by atoms with van der Waals surface area (Å²) in [4.78, 5) is 2.55. The highest BCUT2D eigenvalue weighted by Crippen LogP contribution is 2.14. The molecule has 1 rings (SSSR count). The first kappa shape index (κ1) is 15.2. The van der Waals surface area contributed by atoms with E-state index in [1.807, 2.05) is 0 Å². The third-order valence-corrected chi connectivity index (χ3v) is 3.37. The van der Waals surface area contributed by atoms with Crippen molar-refractivity contribution in [1.82, 2.24) is 10.2 Å². The maximum Gasteiger partial charge on any atom is 0.0449 e. The summed E-state index contributed by atoms with van der Waals surface area (Å²) < 4.78 is 0. The van der Waals surface area contributed by atoms with Gasteiger partial charge in [0.05, 0.1) is 0 Å². The van der Waals surface area contributed by atoms with Crippen molar-refractivity contribution in [3.05, 3.63) is 35.9 Å². The molecule has 0 heterocycles. The molecule has 0 saturated carbocycles. The van der Waals surface area contributed by atoms with Crippen LogP contribution in [-0.4, -0.2) is 31.1 Å². The number of unbranched alkanes of at least 4 members (excludes halogenated alkanes) is 1. The first-order chi connectivity index (χ1) is 8.81. The number of likely N-dealkylation sites (N-methyl/N-ethyl adjacent to an activating group) is 2. The predicted octanol–water partition coefficient (Wildman–Crippen LogP) is 3.46. The van der Waals surface area contributed by atoms with Gasteiger partial charge in [-0.2, -0.15) is 0 Å². The molecule has 0 saturated heterocycles. The van der Waals surface area contributed by atoms with Crippen LogP contribution in [0.3, 0.4) is 0 Å². The summed E-state index contributed by atoms with van der Waals surface area (Å²) in [6.45, 7) is 11.2. The summed E-state index contributed by atoms with van der Waals surface area (Å²) in [5.41, 5.74) is 1.40. The summed E-state index contributed by atoms with van der Waals surface area (Å²) in [5.74, 6) is 0. The van der Waals surface area contributed by atoms with Crippen molar-refractivity contribution in [3.8, 4) is 0 Å². The topological polar surface area (TPSA) is 15.3 Å². The van der Waals surface area contributed by atoms with Crippen molar-refractivity contribution < 1.29 is 0 Å². The van der Waals surface area contributed by atoms with Gasteiger partial charge in [-0.15, -0.1) is 0 Å². The van der Waals surface area contributed by atoms with E-state index in [2.05, 4.69) is 61.3 Å². The SMILES string of the molecule is CCCCN(CC)CC(NCC)c1ccccc1. The van der Waals surface area contributed by atoms with Crippen LogP contribution in [0.2, 0.25) is 0 Å². The molecule has 102 valence electrons. The van der Waals surface area contributed by atoms with Gasteiger partial charge in [0, 0.05) is 12.6 Å². The number of hydrogen-bond donors (Lipinski definition) is 1. The minimum absolute atomic E-state index is 0.452. The highest BCUT2D eigenvalue weighted by Gasteiger charge is 2.13. The van der Waals surface area contributed by atoms with Crippen LogP contribution in [0.25, 0.3) is 0 Å². The molecule has 0 radical (unpaired) electrons. The average molecular weight is 248 g/mol. The fraction of sp³-hybridized carbons (Fsp3) is 0.625. The van der Waals surface area contributed by atoms with E-state index in [0.29, 0.717) is 6.04 Å². The molecule has 0 aliphatic heterocycles. The Hall–Kier alpha value is -0.860. The maximum atomic E-state index is 3.60. The van der Waals surface area contributed by atoms with Gasteiger partial charge in [-0.1, -0.05) is 57.5 Å². The monoisotopic (exact) mass is 248 g/mol. The number of hydrogen-bond acceptors (Lipinski definition) is 2. The third-order valence-electron chi connectivity index (χ3n) is 3.37. The van der Waals surface area contributed by atoms with Crippen molar-refractivity contribution in [2.75, 3.05) is 26.2 Å². The van der Waals surface area contributed by atoms with Crippen molar-refractivity contribution in [3.63, 3.8) is 0 Å². The van der Waals surface area contributed by atoms with Gasteiger partial charge >= 0.3 is 0 Å². The van der Waals surface area contributed by atoms with Crippen LogP contribution in [0.5, 0.6) is 0 Å². The van der Waals surface area contributed by atoms with Crippen LogP contribution in [0, 0.1) is 0 Å². The van der Waals surface area contributed by atoms with Crippen LogP contribution in [0.4, 0.5) is 0 Å². The highest BCUT2D eigenvalue weighted by molar-refractivity contribution is 5.19. The quantitative estimate of drug-likeness (QED) is 0.720. The fourth-order valence-electron chi connectivity index (χ4n) is 2.24. The fourth-order valence-corrected chi connectivity index (χ4v) is 2.24. The molecule has 0 bridgehead atoms. The minimum Gasteiger partial charge on any atom is -0.309 e. The van der Waals surface area contributed by atoms with Crippen molar-refractivity contribution in [2.45, 2.75) is 39.7 Å². The Kier molecular flexibility index (Phi) is 7.70. The molecule has 2 nitrogen and oxygen atoms in total.